The first kappa shape index (κ1) is 13.0. The molecule has 102 valence electrons. The maximum Gasteiger partial charge on any atom is 0.161 e. The van der Waals surface area contributed by atoms with Gasteiger partial charge in [-0.25, -0.2) is 0 Å². The number of anilines is 1. The second-order valence-corrected chi connectivity index (χ2v) is 6.32. The fourth-order valence-electron chi connectivity index (χ4n) is 2.66. The Bertz CT molecular complexity index is 466. The first-order valence-corrected chi connectivity index (χ1v) is 8.08. The predicted molar refractivity (Wildman–Crippen MR) is 83.9 cm³/mol. The van der Waals surface area contributed by atoms with Crippen molar-refractivity contribution in [1.29, 1.82) is 0 Å². The molecule has 1 atom stereocenters. The lowest BCUT2D eigenvalue weighted by Gasteiger charge is -2.24. The average molecular weight is 275 g/mol. The Balaban J connectivity index is 1.53. The van der Waals surface area contributed by atoms with Crippen molar-refractivity contribution in [3.63, 3.8) is 0 Å². The van der Waals surface area contributed by atoms with Crippen molar-refractivity contribution in [2.75, 3.05) is 24.2 Å². The van der Waals surface area contributed by atoms with E-state index in [1.807, 2.05) is 11.8 Å². The first-order valence-electron chi connectivity index (χ1n) is 7.09. The summed E-state index contributed by atoms with van der Waals surface area (Å²) < 4.78 is 0. The van der Waals surface area contributed by atoms with Crippen LogP contribution in [0.3, 0.4) is 0 Å². The van der Waals surface area contributed by atoms with E-state index < -0.39 is 0 Å². The van der Waals surface area contributed by atoms with Gasteiger partial charge in [-0.1, -0.05) is 30.0 Å². The molecule has 1 N–H and O–H groups in total. The highest BCUT2D eigenvalue weighted by molar-refractivity contribution is 8.14. The van der Waals surface area contributed by atoms with Crippen molar-refractivity contribution in [3.8, 4) is 0 Å². The summed E-state index contributed by atoms with van der Waals surface area (Å²) in [5.41, 5.74) is 2.51. The minimum atomic E-state index is 0.647. The van der Waals surface area contributed by atoms with Crippen LogP contribution >= 0.6 is 11.8 Å². The smallest absolute Gasteiger partial charge is 0.161 e. The number of nitrogens with one attached hydrogen (secondary N) is 1. The standard InChI is InChI=1S/C15H21N3S/c1-12(18-8-4-5-9-18)11-19-15-16-10-13-6-2-3-7-14(13)17-15/h2-3,6-7,12H,4-5,8-11H2,1H3,(H,16,17). The van der Waals surface area contributed by atoms with E-state index in [4.69, 9.17) is 0 Å². The molecule has 4 heteroatoms. The van der Waals surface area contributed by atoms with Crippen LogP contribution in [0.25, 0.3) is 0 Å². The van der Waals surface area contributed by atoms with Crippen LogP contribution in [0.1, 0.15) is 25.3 Å². The Kier molecular flexibility index (Phi) is 4.09. The number of hydrogen-bond donors (Lipinski definition) is 1. The summed E-state index contributed by atoms with van der Waals surface area (Å²) >= 11 is 1.85. The zero-order valence-electron chi connectivity index (χ0n) is 11.4. The van der Waals surface area contributed by atoms with Gasteiger partial charge in [-0.05, 0) is 44.5 Å². The molecular formula is C15H21N3S. The summed E-state index contributed by atoms with van der Waals surface area (Å²) in [6.45, 7) is 5.67. The highest BCUT2D eigenvalue weighted by atomic mass is 32.2. The quantitative estimate of drug-likeness (QED) is 0.918. The SMILES string of the molecule is CC(CSC1=NCc2ccccc2N1)N1CCCC1. The molecule has 2 aliphatic heterocycles. The molecule has 0 spiro atoms. The number of hydrogen-bond acceptors (Lipinski definition) is 4. The largest absolute Gasteiger partial charge is 0.335 e. The van der Waals surface area contributed by atoms with E-state index in [0.29, 0.717) is 6.04 Å². The van der Waals surface area contributed by atoms with E-state index in [9.17, 15) is 0 Å². The Morgan fingerprint density at radius 2 is 2.11 bits per heavy atom. The molecule has 3 nitrogen and oxygen atoms in total. The number of aliphatic imine (C=N–C) groups is 1. The molecule has 0 aromatic heterocycles. The second-order valence-electron chi connectivity index (χ2n) is 5.31. The van der Waals surface area contributed by atoms with Gasteiger partial charge in [0.1, 0.15) is 0 Å². The minimum Gasteiger partial charge on any atom is -0.335 e. The molecule has 19 heavy (non-hydrogen) atoms. The molecule has 2 heterocycles. The van der Waals surface area contributed by atoms with Gasteiger partial charge >= 0.3 is 0 Å². The molecular weight excluding hydrogens is 254 g/mol. The zero-order valence-corrected chi connectivity index (χ0v) is 12.2. The van der Waals surface area contributed by atoms with Crippen LogP contribution in [0.5, 0.6) is 0 Å². The number of likely N-dealkylation sites (tertiary alicyclic amines) is 1. The third-order valence-corrected chi connectivity index (χ3v) is 5.03. The molecule has 3 rings (SSSR count). The number of rotatable bonds is 3. The Hall–Kier alpha value is -1.00. The molecule has 0 radical (unpaired) electrons. The minimum absolute atomic E-state index is 0.647. The van der Waals surface area contributed by atoms with Gasteiger partial charge in [-0.2, -0.15) is 0 Å². The van der Waals surface area contributed by atoms with Gasteiger partial charge in [0.05, 0.1) is 6.54 Å². The van der Waals surface area contributed by atoms with Crippen molar-refractivity contribution >= 4 is 22.6 Å². The maximum atomic E-state index is 4.62. The van der Waals surface area contributed by atoms with Crippen molar-refractivity contribution in [1.82, 2.24) is 4.90 Å². The van der Waals surface area contributed by atoms with Gasteiger partial charge in [0, 0.05) is 17.5 Å². The summed E-state index contributed by atoms with van der Waals surface area (Å²) in [6.07, 6.45) is 2.73. The third-order valence-electron chi connectivity index (χ3n) is 3.88. The Morgan fingerprint density at radius 1 is 1.32 bits per heavy atom. The van der Waals surface area contributed by atoms with Crippen LogP contribution in [-0.4, -0.2) is 35.0 Å². The lowest BCUT2D eigenvalue weighted by Crippen LogP contribution is -2.32. The van der Waals surface area contributed by atoms with Crippen molar-refractivity contribution in [2.45, 2.75) is 32.4 Å². The molecule has 1 fully saturated rings. The van der Waals surface area contributed by atoms with Gasteiger partial charge in [-0.3, -0.25) is 9.89 Å². The fourth-order valence-corrected chi connectivity index (χ4v) is 3.61. The van der Waals surface area contributed by atoms with Crippen LogP contribution < -0.4 is 5.32 Å². The summed E-state index contributed by atoms with van der Waals surface area (Å²) in [6, 6.07) is 9.07. The number of nitrogens with zero attached hydrogens (tertiary/aromatic N) is 2. The topological polar surface area (TPSA) is 27.6 Å². The van der Waals surface area contributed by atoms with E-state index >= 15 is 0 Å². The molecule has 0 saturated carbocycles. The van der Waals surface area contributed by atoms with Gasteiger partial charge in [0.25, 0.3) is 0 Å². The summed E-state index contributed by atoms with van der Waals surface area (Å²) in [4.78, 5) is 7.21. The van der Waals surface area contributed by atoms with E-state index in [0.717, 1.165) is 17.5 Å². The van der Waals surface area contributed by atoms with Gasteiger partial charge < -0.3 is 5.32 Å². The molecule has 1 aromatic rings. The molecule has 1 aromatic carbocycles. The molecule has 2 aliphatic rings. The van der Waals surface area contributed by atoms with E-state index in [1.165, 1.54) is 37.2 Å². The highest BCUT2D eigenvalue weighted by Crippen LogP contribution is 2.24. The number of amidine groups is 1. The summed E-state index contributed by atoms with van der Waals surface area (Å²) in [5, 5.41) is 4.51. The van der Waals surface area contributed by atoms with E-state index in [-0.39, 0.29) is 0 Å². The van der Waals surface area contributed by atoms with Gasteiger partial charge in [0.15, 0.2) is 5.17 Å². The van der Waals surface area contributed by atoms with Crippen LogP contribution in [-0.2, 0) is 6.54 Å². The average Bonchev–Trinajstić information content (AvgIpc) is 2.99. The molecule has 0 aliphatic carbocycles. The van der Waals surface area contributed by atoms with Crippen LogP contribution in [0.2, 0.25) is 0 Å². The molecule has 0 bridgehead atoms. The normalized spacial score (nSPS) is 20.6. The monoisotopic (exact) mass is 275 g/mol. The lowest BCUT2D eigenvalue weighted by molar-refractivity contribution is 0.280. The van der Waals surface area contributed by atoms with Crippen molar-refractivity contribution < 1.29 is 0 Å². The number of para-hydroxylation sites is 1. The zero-order chi connectivity index (χ0) is 13.1. The van der Waals surface area contributed by atoms with Gasteiger partial charge in [0.2, 0.25) is 0 Å². The number of thioether (sulfide) groups is 1. The molecule has 0 amide bonds. The van der Waals surface area contributed by atoms with Crippen LogP contribution in [0, 0.1) is 0 Å². The molecule has 1 unspecified atom stereocenters. The Morgan fingerprint density at radius 3 is 2.95 bits per heavy atom. The second kappa shape index (κ2) is 5.97. The van der Waals surface area contributed by atoms with Crippen LogP contribution in [0.15, 0.2) is 29.3 Å². The van der Waals surface area contributed by atoms with Crippen LogP contribution in [0.4, 0.5) is 5.69 Å². The first-order chi connectivity index (χ1) is 9.33. The summed E-state index contributed by atoms with van der Waals surface area (Å²) in [7, 11) is 0. The van der Waals surface area contributed by atoms with Crippen molar-refractivity contribution in [2.24, 2.45) is 4.99 Å². The fraction of sp³-hybridized carbons (Fsp3) is 0.533. The van der Waals surface area contributed by atoms with E-state index in [1.54, 1.807) is 0 Å². The number of benzene rings is 1. The van der Waals surface area contributed by atoms with Gasteiger partial charge in [-0.15, -0.1) is 0 Å². The summed E-state index contributed by atoms with van der Waals surface area (Å²) in [5.74, 6) is 1.12. The highest BCUT2D eigenvalue weighted by Gasteiger charge is 2.19. The predicted octanol–water partition coefficient (Wildman–Crippen LogP) is 3.19. The molecule has 1 saturated heterocycles. The van der Waals surface area contributed by atoms with E-state index in [2.05, 4.69) is 46.4 Å². The maximum absolute atomic E-state index is 4.62. The number of fused-ring (bicyclic) bond motifs is 1. The third kappa shape index (κ3) is 3.12. The lowest BCUT2D eigenvalue weighted by atomic mass is 10.1. The van der Waals surface area contributed by atoms with Crippen molar-refractivity contribution in [3.05, 3.63) is 29.8 Å². The Labute approximate surface area is 119 Å².